The third-order valence-electron chi connectivity index (χ3n) is 3.37. The molecule has 1 aliphatic rings. The maximum Gasteiger partial charge on any atom is 0.416 e. The smallest absolute Gasteiger partial charge is 0.381 e. The van der Waals surface area contributed by atoms with Crippen LogP contribution in [0.5, 0.6) is 0 Å². The van der Waals surface area contributed by atoms with Crippen LogP contribution < -0.4 is 5.32 Å². The Kier molecular flexibility index (Phi) is 3.99. The van der Waals surface area contributed by atoms with E-state index in [4.69, 9.17) is 4.74 Å². The number of alkyl halides is 3. The first-order valence-electron chi connectivity index (χ1n) is 6.06. The molecule has 1 N–H and O–H groups in total. The fraction of sp³-hybridized carbons (Fsp3) is 0.538. The van der Waals surface area contributed by atoms with E-state index >= 15 is 0 Å². The molecular weight excluding hydrogens is 262 g/mol. The second kappa shape index (κ2) is 5.36. The summed E-state index contributed by atoms with van der Waals surface area (Å²) in [6, 6.07) is 2.58. The van der Waals surface area contributed by atoms with Crippen molar-refractivity contribution in [3.05, 3.63) is 29.6 Å². The first kappa shape index (κ1) is 14.1. The highest BCUT2D eigenvalue weighted by atomic mass is 19.4. The van der Waals surface area contributed by atoms with Crippen LogP contribution in [-0.4, -0.2) is 19.3 Å². The fourth-order valence-electron chi connectivity index (χ4n) is 2.31. The highest BCUT2D eigenvalue weighted by Gasteiger charge is 2.31. The molecule has 1 saturated carbocycles. The molecule has 0 radical (unpaired) electrons. The Bertz CT molecular complexity index is 447. The molecule has 6 heteroatoms. The first-order chi connectivity index (χ1) is 8.90. The molecular formula is C13H15F4NO. The molecule has 0 aliphatic heterocycles. The third-order valence-corrected chi connectivity index (χ3v) is 3.37. The van der Waals surface area contributed by atoms with E-state index in [0.717, 1.165) is 31.4 Å². The predicted molar refractivity (Wildman–Crippen MR) is 63.5 cm³/mol. The lowest BCUT2D eigenvalue weighted by Gasteiger charge is -2.16. The van der Waals surface area contributed by atoms with Crippen molar-refractivity contribution in [2.45, 2.75) is 37.6 Å². The molecule has 2 unspecified atom stereocenters. The van der Waals surface area contributed by atoms with Gasteiger partial charge in [0.1, 0.15) is 5.82 Å². The number of rotatable bonds is 3. The molecule has 106 valence electrons. The Hall–Kier alpha value is -1.30. The molecule has 0 saturated heterocycles. The summed E-state index contributed by atoms with van der Waals surface area (Å²) in [5.41, 5.74) is -0.869. The van der Waals surface area contributed by atoms with Crippen LogP contribution in [0.2, 0.25) is 0 Å². The number of benzene rings is 1. The molecule has 2 atom stereocenters. The van der Waals surface area contributed by atoms with E-state index in [-0.39, 0.29) is 17.8 Å². The fourth-order valence-corrected chi connectivity index (χ4v) is 2.31. The van der Waals surface area contributed by atoms with E-state index in [1.807, 2.05) is 0 Å². The maximum absolute atomic E-state index is 13.6. The van der Waals surface area contributed by atoms with Crippen LogP contribution in [0.15, 0.2) is 18.2 Å². The predicted octanol–water partition coefficient (Wildman–Crippen LogP) is 3.82. The highest BCUT2D eigenvalue weighted by molar-refractivity contribution is 5.47. The van der Waals surface area contributed by atoms with Crippen LogP contribution in [0, 0.1) is 5.82 Å². The second-order valence-electron chi connectivity index (χ2n) is 4.70. The van der Waals surface area contributed by atoms with Crippen LogP contribution >= 0.6 is 0 Å². The van der Waals surface area contributed by atoms with E-state index in [9.17, 15) is 17.6 Å². The summed E-state index contributed by atoms with van der Waals surface area (Å²) < 4.78 is 56.0. The lowest BCUT2D eigenvalue weighted by molar-refractivity contribution is -0.137. The van der Waals surface area contributed by atoms with Crippen LogP contribution in [0.3, 0.4) is 0 Å². The van der Waals surface area contributed by atoms with Gasteiger partial charge in [-0.3, -0.25) is 0 Å². The summed E-state index contributed by atoms with van der Waals surface area (Å²) in [4.78, 5) is 0. The van der Waals surface area contributed by atoms with E-state index < -0.39 is 17.6 Å². The highest BCUT2D eigenvalue weighted by Crippen LogP contribution is 2.32. The van der Waals surface area contributed by atoms with Gasteiger partial charge in [0.25, 0.3) is 0 Å². The molecule has 0 aromatic heterocycles. The van der Waals surface area contributed by atoms with Crippen molar-refractivity contribution >= 4 is 5.69 Å². The minimum atomic E-state index is -4.52. The normalized spacial score (nSPS) is 23.6. The number of nitrogens with one attached hydrogen (secondary N) is 1. The number of anilines is 1. The molecule has 1 aromatic rings. The molecule has 0 bridgehead atoms. The van der Waals surface area contributed by atoms with Crippen LogP contribution in [0.1, 0.15) is 24.8 Å². The molecule has 2 nitrogen and oxygen atoms in total. The van der Waals surface area contributed by atoms with E-state index in [2.05, 4.69) is 5.32 Å². The van der Waals surface area contributed by atoms with E-state index in [1.54, 1.807) is 7.11 Å². The topological polar surface area (TPSA) is 21.3 Å². The second-order valence-corrected chi connectivity index (χ2v) is 4.70. The van der Waals surface area contributed by atoms with Gasteiger partial charge in [-0.15, -0.1) is 0 Å². The van der Waals surface area contributed by atoms with Gasteiger partial charge in [0, 0.05) is 13.2 Å². The van der Waals surface area contributed by atoms with Gasteiger partial charge in [0.2, 0.25) is 0 Å². The zero-order chi connectivity index (χ0) is 14.0. The molecule has 0 spiro atoms. The maximum atomic E-state index is 13.6. The number of hydrogen-bond acceptors (Lipinski definition) is 2. The zero-order valence-electron chi connectivity index (χ0n) is 10.4. The van der Waals surface area contributed by atoms with E-state index in [0.29, 0.717) is 6.07 Å². The molecule has 0 amide bonds. The summed E-state index contributed by atoms with van der Waals surface area (Å²) in [6.45, 7) is 0. The van der Waals surface area contributed by atoms with Crippen molar-refractivity contribution in [3.63, 3.8) is 0 Å². The van der Waals surface area contributed by atoms with Gasteiger partial charge >= 0.3 is 6.18 Å². The summed E-state index contributed by atoms with van der Waals surface area (Å²) in [7, 11) is 1.62. The Morgan fingerprint density at radius 2 is 2.00 bits per heavy atom. The van der Waals surface area contributed by atoms with Crippen molar-refractivity contribution < 1.29 is 22.3 Å². The van der Waals surface area contributed by atoms with Gasteiger partial charge in [-0.1, -0.05) is 0 Å². The molecule has 1 fully saturated rings. The monoisotopic (exact) mass is 277 g/mol. The first-order valence-corrected chi connectivity index (χ1v) is 6.06. The average Bonchev–Trinajstić information content (AvgIpc) is 2.78. The zero-order valence-corrected chi connectivity index (χ0v) is 10.4. The van der Waals surface area contributed by atoms with Crippen molar-refractivity contribution in [3.8, 4) is 0 Å². The van der Waals surface area contributed by atoms with Crippen LogP contribution in [-0.2, 0) is 10.9 Å². The SMILES string of the molecule is COC1CCC(Nc2ccc(C(F)(F)F)cc2F)C1. The minimum absolute atomic E-state index is 0.0381. The molecule has 1 aliphatic carbocycles. The van der Waals surface area contributed by atoms with Gasteiger partial charge in [-0.2, -0.15) is 13.2 Å². The van der Waals surface area contributed by atoms with Gasteiger partial charge in [-0.25, -0.2) is 4.39 Å². The number of hydrogen-bond donors (Lipinski definition) is 1. The van der Waals surface area contributed by atoms with Crippen molar-refractivity contribution in [2.24, 2.45) is 0 Å². The largest absolute Gasteiger partial charge is 0.416 e. The Labute approximate surface area is 108 Å². The third kappa shape index (κ3) is 3.37. The van der Waals surface area contributed by atoms with Crippen molar-refractivity contribution in [1.82, 2.24) is 0 Å². The summed E-state index contributed by atoms with van der Waals surface area (Å²) >= 11 is 0. The van der Waals surface area contributed by atoms with Gasteiger partial charge < -0.3 is 10.1 Å². The Morgan fingerprint density at radius 3 is 2.53 bits per heavy atom. The quantitative estimate of drug-likeness (QED) is 0.848. The lowest BCUT2D eigenvalue weighted by Crippen LogP contribution is -2.18. The molecule has 0 heterocycles. The van der Waals surface area contributed by atoms with Crippen molar-refractivity contribution in [2.75, 3.05) is 12.4 Å². The molecule has 1 aromatic carbocycles. The molecule has 19 heavy (non-hydrogen) atoms. The Morgan fingerprint density at radius 1 is 1.26 bits per heavy atom. The number of methoxy groups -OCH3 is 1. The minimum Gasteiger partial charge on any atom is -0.381 e. The number of ether oxygens (including phenoxy) is 1. The van der Waals surface area contributed by atoms with Gasteiger partial charge in [-0.05, 0) is 37.5 Å². The summed E-state index contributed by atoms with van der Waals surface area (Å²) in [5, 5.41) is 2.93. The van der Waals surface area contributed by atoms with Crippen molar-refractivity contribution in [1.29, 1.82) is 0 Å². The van der Waals surface area contributed by atoms with Crippen LogP contribution in [0.25, 0.3) is 0 Å². The number of halogens is 4. The summed E-state index contributed by atoms with van der Waals surface area (Å²) in [5.74, 6) is -0.879. The van der Waals surface area contributed by atoms with Gasteiger partial charge in [0.05, 0.1) is 17.4 Å². The van der Waals surface area contributed by atoms with Crippen LogP contribution in [0.4, 0.5) is 23.2 Å². The molecule has 2 rings (SSSR count). The lowest BCUT2D eigenvalue weighted by atomic mass is 10.1. The average molecular weight is 277 g/mol. The standard InChI is InChI=1S/C13H15F4NO/c1-19-10-4-3-9(7-10)18-12-5-2-8(6-11(12)14)13(15,16)17/h2,5-6,9-10,18H,3-4,7H2,1H3. The van der Waals surface area contributed by atoms with Gasteiger partial charge in [0.15, 0.2) is 0 Å². The Balaban J connectivity index is 2.06. The van der Waals surface area contributed by atoms with E-state index in [1.165, 1.54) is 0 Å². The summed E-state index contributed by atoms with van der Waals surface area (Å²) in [6.07, 6.45) is -1.96.